The van der Waals surface area contributed by atoms with Gasteiger partial charge in [0.1, 0.15) is 0 Å². The van der Waals surface area contributed by atoms with Crippen LogP contribution in [0.4, 0.5) is 11.4 Å². The van der Waals surface area contributed by atoms with Crippen molar-refractivity contribution in [3.8, 4) is 0 Å². The van der Waals surface area contributed by atoms with E-state index in [1.165, 1.54) is 4.90 Å². The summed E-state index contributed by atoms with van der Waals surface area (Å²) in [5, 5.41) is 0. The molecular formula is C12H18N4O2. The molecule has 0 unspecified atom stereocenters. The Morgan fingerprint density at radius 1 is 1.22 bits per heavy atom. The van der Waals surface area contributed by atoms with Crippen molar-refractivity contribution in [1.29, 1.82) is 0 Å². The molecule has 98 valence electrons. The molecule has 0 aliphatic heterocycles. The minimum atomic E-state index is -0.547. The average Bonchev–Trinajstić information content (AvgIpc) is 2.28. The molecule has 18 heavy (non-hydrogen) atoms. The third-order valence-electron chi connectivity index (χ3n) is 2.57. The molecule has 4 N–H and O–H groups in total. The predicted molar refractivity (Wildman–Crippen MR) is 71.3 cm³/mol. The van der Waals surface area contributed by atoms with Crippen LogP contribution in [0, 0.1) is 0 Å². The van der Waals surface area contributed by atoms with Crippen LogP contribution in [-0.2, 0) is 4.79 Å². The van der Waals surface area contributed by atoms with E-state index in [0.29, 0.717) is 16.9 Å². The molecule has 0 saturated heterocycles. The summed E-state index contributed by atoms with van der Waals surface area (Å²) in [5.41, 5.74) is 12.4. The Hall–Kier alpha value is -2.24. The maximum atomic E-state index is 11.6. The highest BCUT2D eigenvalue weighted by atomic mass is 16.2. The molecule has 0 saturated carbocycles. The standard InChI is InChI=1S/C12H18N4O2/c1-15(2)11(17)7-16(3)10-6-8(13)4-5-9(10)12(14)18/h4-6H,7,13H2,1-3H3,(H2,14,18). The summed E-state index contributed by atoms with van der Waals surface area (Å²) in [6.45, 7) is 0.150. The van der Waals surface area contributed by atoms with Gasteiger partial charge in [-0.1, -0.05) is 0 Å². The van der Waals surface area contributed by atoms with Crippen LogP contribution >= 0.6 is 0 Å². The Morgan fingerprint density at radius 3 is 2.33 bits per heavy atom. The molecule has 1 aromatic carbocycles. The van der Waals surface area contributed by atoms with Crippen molar-refractivity contribution < 1.29 is 9.59 Å². The lowest BCUT2D eigenvalue weighted by atomic mass is 10.1. The van der Waals surface area contributed by atoms with Crippen molar-refractivity contribution in [2.75, 3.05) is 38.3 Å². The van der Waals surface area contributed by atoms with Crippen molar-refractivity contribution in [3.05, 3.63) is 23.8 Å². The molecule has 0 heterocycles. The van der Waals surface area contributed by atoms with E-state index < -0.39 is 5.91 Å². The number of likely N-dealkylation sites (N-methyl/N-ethyl adjacent to an activating group) is 2. The smallest absolute Gasteiger partial charge is 0.250 e. The molecule has 0 aromatic heterocycles. The Kier molecular flexibility index (Phi) is 4.14. The average molecular weight is 250 g/mol. The third-order valence-corrected chi connectivity index (χ3v) is 2.57. The first-order valence-electron chi connectivity index (χ1n) is 5.43. The van der Waals surface area contributed by atoms with Crippen LogP contribution in [0.15, 0.2) is 18.2 Å². The summed E-state index contributed by atoms with van der Waals surface area (Å²) in [4.78, 5) is 26.1. The zero-order chi connectivity index (χ0) is 13.9. The van der Waals surface area contributed by atoms with Gasteiger partial charge in [0.15, 0.2) is 0 Å². The van der Waals surface area contributed by atoms with Crippen LogP contribution in [0.2, 0.25) is 0 Å². The van der Waals surface area contributed by atoms with Crippen LogP contribution in [0.1, 0.15) is 10.4 Å². The number of benzene rings is 1. The van der Waals surface area contributed by atoms with Gasteiger partial charge in [-0.3, -0.25) is 9.59 Å². The van der Waals surface area contributed by atoms with Crippen molar-refractivity contribution >= 4 is 23.2 Å². The Bertz CT molecular complexity index is 471. The summed E-state index contributed by atoms with van der Waals surface area (Å²) in [6.07, 6.45) is 0. The van der Waals surface area contributed by atoms with Gasteiger partial charge in [-0.2, -0.15) is 0 Å². The first kappa shape index (κ1) is 13.8. The van der Waals surface area contributed by atoms with Crippen molar-refractivity contribution in [2.24, 2.45) is 5.73 Å². The number of anilines is 2. The number of hydrogen-bond acceptors (Lipinski definition) is 4. The fourth-order valence-corrected chi connectivity index (χ4v) is 1.50. The number of nitrogens with two attached hydrogens (primary N) is 2. The molecule has 0 bridgehead atoms. The van der Waals surface area contributed by atoms with E-state index in [2.05, 4.69) is 0 Å². The Labute approximate surface area is 106 Å². The minimum absolute atomic E-state index is 0.0738. The number of rotatable bonds is 4. The molecule has 1 aromatic rings. The van der Waals surface area contributed by atoms with Gasteiger partial charge in [-0.15, -0.1) is 0 Å². The summed E-state index contributed by atoms with van der Waals surface area (Å²) in [7, 11) is 5.05. The molecule has 6 heteroatoms. The summed E-state index contributed by atoms with van der Waals surface area (Å²) < 4.78 is 0. The van der Waals surface area contributed by atoms with Crippen LogP contribution < -0.4 is 16.4 Å². The molecule has 0 radical (unpaired) electrons. The van der Waals surface area contributed by atoms with Gasteiger partial charge in [0.25, 0.3) is 5.91 Å². The molecular weight excluding hydrogens is 232 g/mol. The van der Waals surface area contributed by atoms with Gasteiger partial charge in [-0.25, -0.2) is 0 Å². The van der Waals surface area contributed by atoms with E-state index in [1.807, 2.05) is 0 Å². The monoisotopic (exact) mass is 250 g/mol. The number of primary amides is 1. The highest BCUT2D eigenvalue weighted by molar-refractivity contribution is 5.99. The second-order valence-electron chi connectivity index (χ2n) is 4.29. The third kappa shape index (κ3) is 3.13. The van der Waals surface area contributed by atoms with E-state index in [-0.39, 0.29) is 12.5 Å². The lowest BCUT2D eigenvalue weighted by Crippen LogP contribution is -2.35. The summed E-state index contributed by atoms with van der Waals surface area (Å²) in [6, 6.07) is 4.79. The zero-order valence-electron chi connectivity index (χ0n) is 10.8. The highest BCUT2D eigenvalue weighted by Gasteiger charge is 2.15. The molecule has 0 atom stereocenters. The van der Waals surface area contributed by atoms with Gasteiger partial charge in [0.2, 0.25) is 5.91 Å². The summed E-state index contributed by atoms with van der Waals surface area (Å²) >= 11 is 0. The second-order valence-corrected chi connectivity index (χ2v) is 4.29. The minimum Gasteiger partial charge on any atom is -0.399 e. The largest absolute Gasteiger partial charge is 0.399 e. The fourth-order valence-electron chi connectivity index (χ4n) is 1.50. The fraction of sp³-hybridized carbons (Fsp3) is 0.333. The molecule has 1 rings (SSSR count). The molecule has 0 spiro atoms. The number of carbonyl (C=O) groups is 2. The lowest BCUT2D eigenvalue weighted by molar-refractivity contribution is -0.127. The van der Waals surface area contributed by atoms with Gasteiger partial charge in [0, 0.05) is 26.8 Å². The maximum absolute atomic E-state index is 11.6. The van der Waals surface area contributed by atoms with Crippen molar-refractivity contribution in [1.82, 2.24) is 4.90 Å². The number of nitrogen functional groups attached to an aromatic ring is 1. The molecule has 0 aliphatic carbocycles. The van der Waals surface area contributed by atoms with Gasteiger partial charge >= 0.3 is 0 Å². The lowest BCUT2D eigenvalue weighted by Gasteiger charge is -2.23. The van der Waals surface area contributed by atoms with Crippen LogP contribution in [0.25, 0.3) is 0 Å². The number of nitrogens with zero attached hydrogens (tertiary/aromatic N) is 2. The SMILES string of the molecule is CN(C)C(=O)CN(C)c1cc(N)ccc1C(N)=O. The van der Waals surface area contributed by atoms with E-state index in [4.69, 9.17) is 11.5 Å². The first-order chi connectivity index (χ1) is 8.32. The zero-order valence-corrected chi connectivity index (χ0v) is 10.8. The second kappa shape index (κ2) is 5.39. The van der Waals surface area contributed by atoms with Gasteiger partial charge in [0.05, 0.1) is 17.8 Å². The van der Waals surface area contributed by atoms with E-state index in [1.54, 1.807) is 44.2 Å². The maximum Gasteiger partial charge on any atom is 0.250 e. The van der Waals surface area contributed by atoms with Crippen molar-refractivity contribution in [2.45, 2.75) is 0 Å². The first-order valence-corrected chi connectivity index (χ1v) is 5.43. The van der Waals surface area contributed by atoms with Crippen molar-refractivity contribution in [3.63, 3.8) is 0 Å². The van der Waals surface area contributed by atoms with Gasteiger partial charge < -0.3 is 21.3 Å². The van der Waals surface area contributed by atoms with E-state index >= 15 is 0 Å². The highest BCUT2D eigenvalue weighted by Crippen LogP contribution is 2.22. The number of amides is 2. The number of hydrogen-bond donors (Lipinski definition) is 2. The molecule has 6 nitrogen and oxygen atoms in total. The van der Waals surface area contributed by atoms with Crippen LogP contribution in [0.5, 0.6) is 0 Å². The van der Waals surface area contributed by atoms with E-state index in [9.17, 15) is 9.59 Å². The molecule has 0 fully saturated rings. The Morgan fingerprint density at radius 2 is 1.83 bits per heavy atom. The number of carbonyl (C=O) groups excluding carboxylic acids is 2. The topological polar surface area (TPSA) is 92.7 Å². The van der Waals surface area contributed by atoms with Crippen LogP contribution in [-0.4, -0.2) is 44.4 Å². The molecule has 0 aliphatic rings. The predicted octanol–water partition coefficient (Wildman–Crippen LogP) is -0.108. The Balaban J connectivity index is 3.04. The molecule has 2 amide bonds. The van der Waals surface area contributed by atoms with Crippen LogP contribution in [0.3, 0.4) is 0 Å². The normalized spacial score (nSPS) is 9.94. The van der Waals surface area contributed by atoms with Gasteiger partial charge in [-0.05, 0) is 18.2 Å². The van der Waals surface area contributed by atoms with E-state index in [0.717, 1.165) is 0 Å². The quantitative estimate of drug-likeness (QED) is 0.729. The summed E-state index contributed by atoms with van der Waals surface area (Å²) in [5.74, 6) is -0.621.